The minimum Gasteiger partial charge on any atom is -0.487 e. The number of hydrogen-bond acceptors (Lipinski definition) is 5. The van der Waals surface area contributed by atoms with Crippen LogP contribution in [0.15, 0.2) is 48.7 Å². The van der Waals surface area contributed by atoms with Crippen LogP contribution in [0, 0.1) is 0 Å². The molecule has 26 heavy (non-hydrogen) atoms. The zero-order chi connectivity index (χ0) is 16.8. The summed E-state index contributed by atoms with van der Waals surface area (Å²) in [5.74, 6) is 0.476. The Kier molecular flexibility index (Phi) is 8.81. The van der Waals surface area contributed by atoms with Crippen molar-refractivity contribution in [1.82, 2.24) is 4.98 Å². The van der Waals surface area contributed by atoms with Crippen LogP contribution in [0.5, 0.6) is 5.75 Å². The fourth-order valence-electron chi connectivity index (χ4n) is 2.52. The molecule has 1 aromatic carbocycles. The van der Waals surface area contributed by atoms with Gasteiger partial charge in [0.15, 0.2) is 0 Å². The third-order valence-electron chi connectivity index (χ3n) is 4.04. The smallest absolute Gasteiger partial charge is 0.244 e. The molecule has 0 atom stereocenters. The maximum absolute atomic E-state index is 12.4. The van der Waals surface area contributed by atoms with Crippen LogP contribution in [0.4, 0.5) is 5.69 Å². The van der Waals surface area contributed by atoms with E-state index < -0.39 is 5.54 Å². The molecule has 3 rings (SSSR count). The van der Waals surface area contributed by atoms with Crippen molar-refractivity contribution in [2.75, 3.05) is 18.5 Å². The maximum Gasteiger partial charge on any atom is 0.244 e. The highest BCUT2D eigenvalue weighted by atomic mass is 35.5. The summed E-state index contributed by atoms with van der Waals surface area (Å²) in [6, 6.07) is 12.9. The zero-order valence-corrected chi connectivity index (χ0v) is 15.9. The predicted octanol–water partition coefficient (Wildman–Crippen LogP) is 2.95. The summed E-state index contributed by atoms with van der Waals surface area (Å²) in [6.45, 7) is 1.39. The molecule has 2 aromatic rings. The van der Waals surface area contributed by atoms with Crippen LogP contribution < -0.4 is 15.8 Å². The highest BCUT2D eigenvalue weighted by Gasteiger charge is 2.35. The van der Waals surface area contributed by atoms with Gasteiger partial charge in [-0.05, 0) is 37.1 Å². The first kappa shape index (κ1) is 22.2. The number of amides is 1. The standard InChI is InChI=1S/C18H21N3O3.2ClH/c19-18(7-10-23-11-8-18)17(22)21-14-5-3-6-16(12-14)24-13-15-4-1-2-9-20-15;;/h1-6,9,12H,7-8,10-11,13,19H2,(H,21,22);2*1H. The van der Waals surface area contributed by atoms with Gasteiger partial charge >= 0.3 is 0 Å². The van der Waals surface area contributed by atoms with Gasteiger partial charge in [0.1, 0.15) is 17.9 Å². The molecule has 1 amide bonds. The number of rotatable bonds is 5. The van der Waals surface area contributed by atoms with Crippen molar-refractivity contribution in [2.45, 2.75) is 25.0 Å². The second kappa shape index (κ2) is 10.3. The molecular weight excluding hydrogens is 377 g/mol. The first-order valence-corrected chi connectivity index (χ1v) is 7.97. The van der Waals surface area contributed by atoms with E-state index in [1.807, 2.05) is 36.4 Å². The van der Waals surface area contributed by atoms with Crippen LogP contribution >= 0.6 is 24.8 Å². The van der Waals surface area contributed by atoms with Gasteiger partial charge in [0, 0.05) is 31.2 Å². The Morgan fingerprint density at radius 2 is 1.96 bits per heavy atom. The average Bonchev–Trinajstić information content (AvgIpc) is 2.62. The molecule has 1 aliphatic heterocycles. The molecule has 8 heteroatoms. The highest BCUT2D eigenvalue weighted by molar-refractivity contribution is 5.98. The Balaban J connectivity index is 0.00000169. The van der Waals surface area contributed by atoms with Crippen molar-refractivity contribution in [2.24, 2.45) is 5.73 Å². The number of pyridine rings is 1. The fraction of sp³-hybridized carbons (Fsp3) is 0.333. The van der Waals surface area contributed by atoms with E-state index in [0.29, 0.717) is 44.1 Å². The summed E-state index contributed by atoms with van der Waals surface area (Å²) < 4.78 is 11.0. The molecule has 1 fully saturated rings. The number of benzene rings is 1. The summed E-state index contributed by atoms with van der Waals surface area (Å²) in [7, 11) is 0. The predicted molar refractivity (Wildman–Crippen MR) is 105 cm³/mol. The van der Waals surface area contributed by atoms with Gasteiger partial charge in [-0.2, -0.15) is 0 Å². The summed E-state index contributed by atoms with van der Waals surface area (Å²) >= 11 is 0. The molecule has 1 aliphatic rings. The summed E-state index contributed by atoms with van der Waals surface area (Å²) in [5.41, 5.74) is 6.82. The van der Waals surface area contributed by atoms with E-state index in [1.165, 1.54) is 0 Å². The lowest BCUT2D eigenvalue weighted by Gasteiger charge is -2.31. The SMILES string of the molecule is Cl.Cl.NC1(C(=O)Nc2cccc(OCc3ccccn3)c2)CCOCC1. The lowest BCUT2D eigenvalue weighted by molar-refractivity contribution is -0.124. The van der Waals surface area contributed by atoms with Crippen LogP contribution in [-0.2, 0) is 16.1 Å². The van der Waals surface area contributed by atoms with E-state index in [1.54, 1.807) is 12.3 Å². The molecule has 2 heterocycles. The third-order valence-corrected chi connectivity index (χ3v) is 4.04. The Bertz CT molecular complexity index is 695. The van der Waals surface area contributed by atoms with Crippen molar-refractivity contribution in [3.05, 3.63) is 54.4 Å². The van der Waals surface area contributed by atoms with E-state index in [0.717, 1.165) is 5.69 Å². The zero-order valence-electron chi connectivity index (χ0n) is 14.2. The van der Waals surface area contributed by atoms with Crippen LogP contribution in [0.1, 0.15) is 18.5 Å². The van der Waals surface area contributed by atoms with Crippen molar-refractivity contribution < 1.29 is 14.3 Å². The first-order valence-electron chi connectivity index (χ1n) is 7.97. The summed E-state index contributed by atoms with van der Waals surface area (Å²) in [4.78, 5) is 16.6. The highest BCUT2D eigenvalue weighted by Crippen LogP contribution is 2.22. The van der Waals surface area contributed by atoms with Gasteiger partial charge in [0.2, 0.25) is 5.91 Å². The van der Waals surface area contributed by atoms with Crippen molar-refractivity contribution in [3.8, 4) is 5.75 Å². The Morgan fingerprint density at radius 1 is 1.19 bits per heavy atom. The van der Waals surface area contributed by atoms with Gasteiger partial charge in [0.05, 0.1) is 5.69 Å². The Morgan fingerprint density at radius 3 is 2.65 bits per heavy atom. The van der Waals surface area contributed by atoms with Gasteiger partial charge in [-0.1, -0.05) is 12.1 Å². The monoisotopic (exact) mass is 399 g/mol. The van der Waals surface area contributed by atoms with Crippen LogP contribution in [0.3, 0.4) is 0 Å². The number of nitrogens with zero attached hydrogens (tertiary/aromatic N) is 1. The molecule has 0 bridgehead atoms. The number of carbonyl (C=O) groups is 1. The third kappa shape index (κ3) is 5.85. The number of hydrogen-bond donors (Lipinski definition) is 2. The number of ether oxygens (including phenoxy) is 2. The summed E-state index contributed by atoms with van der Waals surface area (Å²) in [5, 5.41) is 2.88. The minimum atomic E-state index is -0.872. The van der Waals surface area contributed by atoms with Crippen molar-refractivity contribution in [1.29, 1.82) is 0 Å². The van der Waals surface area contributed by atoms with Gasteiger partial charge in [-0.25, -0.2) is 0 Å². The average molecular weight is 400 g/mol. The molecule has 6 nitrogen and oxygen atoms in total. The molecule has 1 aromatic heterocycles. The molecule has 0 unspecified atom stereocenters. The van der Waals surface area contributed by atoms with Gasteiger partial charge in [-0.3, -0.25) is 9.78 Å². The number of carbonyl (C=O) groups excluding carboxylic acids is 1. The normalized spacial score (nSPS) is 15.1. The van der Waals surface area contributed by atoms with E-state index in [4.69, 9.17) is 15.2 Å². The number of nitrogens with two attached hydrogens (primary N) is 1. The van der Waals surface area contributed by atoms with Crippen LogP contribution in [-0.4, -0.2) is 29.6 Å². The molecule has 0 aliphatic carbocycles. The van der Waals surface area contributed by atoms with Crippen molar-refractivity contribution in [3.63, 3.8) is 0 Å². The van der Waals surface area contributed by atoms with E-state index in [9.17, 15) is 4.79 Å². The summed E-state index contributed by atoms with van der Waals surface area (Å²) in [6.07, 6.45) is 2.77. The molecule has 0 saturated carbocycles. The van der Waals surface area contributed by atoms with Crippen LogP contribution in [0.2, 0.25) is 0 Å². The molecular formula is C18H23Cl2N3O3. The Labute approximate surface area is 165 Å². The van der Waals surface area contributed by atoms with E-state index in [2.05, 4.69) is 10.3 Å². The number of nitrogens with one attached hydrogen (secondary N) is 1. The molecule has 1 saturated heterocycles. The number of anilines is 1. The van der Waals surface area contributed by atoms with Gasteiger partial charge < -0.3 is 20.5 Å². The van der Waals surface area contributed by atoms with Crippen molar-refractivity contribution >= 4 is 36.4 Å². The topological polar surface area (TPSA) is 86.5 Å². The van der Waals surface area contributed by atoms with Gasteiger partial charge in [0.25, 0.3) is 0 Å². The molecule has 0 radical (unpaired) electrons. The van der Waals surface area contributed by atoms with E-state index >= 15 is 0 Å². The second-order valence-corrected chi connectivity index (χ2v) is 5.86. The fourth-order valence-corrected chi connectivity index (χ4v) is 2.52. The number of halogens is 2. The molecule has 142 valence electrons. The van der Waals surface area contributed by atoms with E-state index in [-0.39, 0.29) is 30.7 Å². The van der Waals surface area contributed by atoms with Gasteiger partial charge in [-0.15, -0.1) is 24.8 Å². The molecule has 0 spiro atoms. The lowest BCUT2D eigenvalue weighted by Crippen LogP contribution is -2.54. The second-order valence-electron chi connectivity index (χ2n) is 5.86. The number of aromatic nitrogens is 1. The first-order chi connectivity index (χ1) is 11.7. The largest absolute Gasteiger partial charge is 0.487 e. The minimum absolute atomic E-state index is 0. The lowest BCUT2D eigenvalue weighted by atomic mass is 9.90. The maximum atomic E-state index is 12.4. The van der Waals surface area contributed by atoms with Crippen LogP contribution in [0.25, 0.3) is 0 Å². The molecule has 3 N–H and O–H groups in total. The quantitative estimate of drug-likeness (QED) is 0.806. The Hall–Kier alpha value is -1.86.